The summed E-state index contributed by atoms with van der Waals surface area (Å²) in [7, 11) is 0. The van der Waals surface area contributed by atoms with Crippen LogP contribution in [0.2, 0.25) is 0 Å². The first kappa shape index (κ1) is 7.66. The number of aliphatic hydroxyl groups is 1. The Labute approximate surface area is 53.9 Å². The minimum atomic E-state index is -0.224. The van der Waals surface area contributed by atoms with Gasteiger partial charge >= 0.3 is 0 Å². The van der Waals surface area contributed by atoms with Crippen molar-refractivity contribution >= 4 is 24.4 Å². The van der Waals surface area contributed by atoms with Crippen LogP contribution in [0.4, 0.5) is 0 Å². The molecule has 0 saturated heterocycles. The van der Waals surface area contributed by atoms with Crippen molar-refractivity contribution in [3.8, 4) is 0 Å². The normalized spacial score (nSPS) is 14.1. The van der Waals surface area contributed by atoms with E-state index in [2.05, 4.69) is 12.6 Å². The molecule has 0 bridgehead atoms. The van der Waals surface area contributed by atoms with Crippen LogP contribution in [0.3, 0.4) is 0 Å². The van der Waals surface area contributed by atoms with Gasteiger partial charge in [0.25, 0.3) is 0 Å². The fraction of sp³-hybridized carbons (Fsp3) is 1.00. The quantitative estimate of drug-likeness (QED) is 0.558. The maximum atomic E-state index is 8.76. The molecule has 0 aliphatic carbocycles. The summed E-state index contributed by atoms with van der Waals surface area (Å²) in [6.45, 7) is 0. The number of rotatable bonds is 3. The van der Waals surface area contributed by atoms with E-state index in [1.165, 1.54) is 0 Å². The van der Waals surface area contributed by atoms with Gasteiger partial charge < -0.3 is 5.11 Å². The van der Waals surface area contributed by atoms with Crippen molar-refractivity contribution in [1.29, 1.82) is 0 Å². The lowest BCUT2D eigenvalue weighted by atomic mass is 10.5. The van der Waals surface area contributed by atoms with Crippen LogP contribution in [-0.4, -0.2) is 29.0 Å². The van der Waals surface area contributed by atoms with Crippen molar-refractivity contribution in [2.75, 3.05) is 17.8 Å². The van der Waals surface area contributed by atoms with Gasteiger partial charge in [0.1, 0.15) is 0 Å². The Morgan fingerprint density at radius 1 is 1.86 bits per heavy atom. The van der Waals surface area contributed by atoms with E-state index in [0.717, 1.165) is 5.75 Å². The Morgan fingerprint density at radius 2 is 2.43 bits per heavy atom. The van der Waals surface area contributed by atoms with Crippen LogP contribution in [0.5, 0.6) is 0 Å². The summed E-state index contributed by atoms with van der Waals surface area (Å²) in [5.74, 6) is 1.37. The Balaban J connectivity index is 2.83. The second-order valence-corrected chi connectivity index (χ2v) is 2.57. The number of thioether (sulfide) groups is 1. The molecule has 44 valence electrons. The van der Waals surface area contributed by atoms with Gasteiger partial charge in [-0.3, -0.25) is 0 Å². The van der Waals surface area contributed by atoms with Crippen molar-refractivity contribution in [1.82, 2.24) is 0 Å². The smallest absolute Gasteiger partial charge is 0.0718 e. The maximum Gasteiger partial charge on any atom is 0.0718 e. The summed E-state index contributed by atoms with van der Waals surface area (Å²) in [5, 5.41) is 8.76. The Hall–Kier alpha value is 0.660. The summed E-state index contributed by atoms with van der Waals surface area (Å²) >= 11 is 5.52. The third-order valence-electron chi connectivity index (χ3n) is 0.570. The largest absolute Gasteiger partial charge is 0.391 e. The summed E-state index contributed by atoms with van der Waals surface area (Å²) in [6, 6.07) is 0. The van der Waals surface area contributed by atoms with E-state index in [0.29, 0.717) is 5.75 Å². The minimum Gasteiger partial charge on any atom is -0.391 e. The topological polar surface area (TPSA) is 20.2 Å². The highest BCUT2D eigenvalue weighted by molar-refractivity contribution is 7.98. The van der Waals surface area contributed by atoms with Crippen molar-refractivity contribution < 1.29 is 5.11 Å². The van der Waals surface area contributed by atoms with E-state index in [1.54, 1.807) is 11.8 Å². The summed E-state index contributed by atoms with van der Waals surface area (Å²) in [4.78, 5) is 0. The van der Waals surface area contributed by atoms with Gasteiger partial charge in [0.15, 0.2) is 0 Å². The third kappa shape index (κ3) is 4.51. The highest BCUT2D eigenvalue weighted by Gasteiger charge is 1.95. The second-order valence-electron chi connectivity index (χ2n) is 1.29. The van der Waals surface area contributed by atoms with Crippen LogP contribution < -0.4 is 0 Å². The van der Waals surface area contributed by atoms with Crippen LogP contribution in [0.25, 0.3) is 0 Å². The Kier molecular flexibility index (Phi) is 5.26. The molecule has 0 heterocycles. The van der Waals surface area contributed by atoms with Gasteiger partial charge in [0.05, 0.1) is 6.10 Å². The Morgan fingerprint density at radius 3 is 2.57 bits per heavy atom. The molecule has 0 amide bonds. The zero-order chi connectivity index (χ0) is 5.70. The maximum absolute atomic E-state index is 8.76. The van der Waals surface area contributed by atoms with E-state index >= 15 is 0 Å². The first-order chi connectivity index (χ1) is 3.31. The molecular weight excluding hydrogens is 128 g/mol. The van der Waals surface area contributed by atoms with Gasteiger partial charge in [-0.05, 0) is 6.26 Å². The van der Waals surface area contributed by atoms with Gasteiger partial charge in [0.2, 0.25) is 0 Å². The highest BCUT2D eigenvalue weighted by Crippen LogP contribution is 1.96. The molecule has 0 rings (SSSR count). The molecule has 1 unspecified atom stereocenters. The lowest BCUT2D eigenvalue weighted by Crippen LogP contribution is -2.10. The van der Waals surface area contributed by atoms with Crippen LogP contribution in [0.15, 0.2) is 0 Å². The molecular formula is C4H10OS2. The number of hydrogen-bond acceptors (Lipinski definition) is 3. The Bertz CT molecular complexity index is 40.7. The van der Waals surface area contributed by atoms with Gasteiger partial charge in [0, 0.05) is 11.5 Å². The summed E-state index contributed by atoms with van der Waals surface area (Å²) in [6.07, 6.45) is 1.74. The van der Waals surface area contributed by atoms with Crippen molar-refractivity contribution in [3.63, 3.8) is 0 Å². The predicted octanol–water partition coefficient (Wildman–Crippen LogP) is 0.640. The monoisotopic (exact) mass is 138 g/mol. The molecule has 0 spiro atoms. The van der Waals surface area contributed by atoms with Crippen LogP contribution in [0, 0.1) is 0 Å². The first-order valence-corrected chi connectivity index (χ1v) is 4.11. The molecule has 0 aromatic heterocycles. The molecule has 0 aliphatic rings. The average Bonchev–Trinajstić information content (AvgIpc) is 1.68. The lowest BCUT2D eigenvalue weighted by Gasteiger charge is -2.01. The molecule has 1 N–H and O–H groups in total. The van der Waals surface area contributed by atoms with Gasteiger partial charge in [-0.25, -0.2) is 0 Å². The van der Waals surface area contributed by atoms with Crippen molar-refractivity contribution in [2.24, 2.45) is 0 Å². The van der Waals surface area contributed by atoms with E-state index in [-0.39, 0.29) is 6.10 Å². The lowest BCUT2D eigenvalue weighted by molar-refractivity contribution is 0.225. The van der Waals surface area contributed by atoms with Crippen LogP contribution in [0.1, 0.15) is 0 Å². The molecule has 1 nitrogen and oxygen atoms in total. The van der Waals surface area contributed by atoms with Crippen molar-refractivity contribution in [3.05, 3.63) is 0 Å². The third-order valence-corrected chi connectivity index (χ3v) is 1.71. The molecule has 0 aromatic carbocycles. The molecule has 3 heteroatoms. The molecule has 0 radical (unpaired) electrons. The molecule has 0 aromatic rings. The molecule has 0 fully saturated rings. The fourth-order valence-corrected chi connectivity index (χ4v) is 1.05. The van der Waals surface area contributed by atoms with Crippen LogP contribution in [-0.2, 0) is 0 Å². The fourth-order valence-electron chi connectivity index (χ4n) is 0.245. The van der Waals surface area contributed by atoms with E-state index in [4.69, 9.17) is 5.11 Å². The van der Waals surface area contributed by atoms with E-state index in [1.807, 2.05) is 6.26 Å². The number of hydrogen-bond donors (Lipinski definition) is 2. The predicted molar refractivity (Wildman–Crippen MR) is 38.2 cm³/mol. The molecule has 0 aliphatic heterocycles. The average molecular weight is 138 g/mol. The van der Waals surface area contributed by atoms with E-state index < -0.39 is 0 Å². The second kappa shape index (κ2) is 4.81. The van der Waals surface area contributed by atoms with Crippen LogP contribution >= 0.6 is 24.4 Å². The summed E-state index contributed by atoms with van der Waals surface area (Å²) in [5.41, 5.74) is 0. The first-order valence-electron chi connectivity index (χ1n) is 2.09. The summed E-state index contributed by atoms with van der Waals surface area (Å²) < 4.78 is 0. The van der Waals surface area contributed by atoms with Gasteiger partial charge in [-0.2, -0.15) is 24.4 Å². The minimum absolute atomic E-state index is 0.224. The zero-order valence-electron chi connectivity index (χ0n) is 4.29. The molecule has 0 saturated carbocycles. The van der Waals surface area contributed by atoms with Gasteiger partial charge in [-0.15, -0.1) is 0 Å². The molecule has 7 heavy (non-hydrogen) atoms. The zero-order valence-corrected chi connectivity index (χ0v) is 6.01. The van der Waals surface area contributed by atoms with E-state index in [9.17, 15) is 0 Å². The molecule has 1 atom stereocenters. The highest BCUT2D eigenvalue weighted by atomic mass is 32.2. The standard InChI is InChI=1S/C4H10OS2/c1-7-3-4(5)2-6/h4-6H,2-3H2,1H3. The van der Waals surface area contributed by atoms with Crippen molar-refractivity contribution in [2.45, 2.75) is 6.10 Å². The number of aliphatic hydroxyl groups excluding tert-OH is 1. The number of thiol groups is 1. The SMILES string of the molecule is CSCC(O)CS. The van der Waals surface area contributed by atoms with Gasteiger partial charge in [-0.1, -0.05) is 0 Å².